The van der Waals surface area contributed by atoms with Gasteiger partial charge in [0.15, 0.2) is 0 Å². The van der Waals surface area contributed by atoms with Crippen molar-refractivity contribution in [2.24, 2.45) is 0 Å². The monoisotopic (exact) mass is 307 g/mol. The molecule has 2 rings (SSSR count). The normalized spacial score (nSPS) is 15.8. The van der Waals surface area contributed by atoms with Gasteiger partial charge in [-0.05, 0) is 32.0 Å². The average Bonchev–Trinajstić information content (AvgIpc) is 2.49. The van der Waals surface area contributed by atoms with Gasteiger partial charge in [-0.1, -0.05) is 0 Å². The second-order valence-corrected chi connectivity index (χ2v) is 5.68. The van der Waals surface area contributed by atoms with Crippen molar-refractivity contribution in [1.82, 2.24) is 10.2 Å². The highest BCUT2D eigenvalue weighted by molar-refractivity contribution is 5.95. The molecular weight excluding hydrogens is 282 g/mol. The lowest BCUT2D eigenvalue weighted by Crippen LogP contribution is -2.38. The molecule has 122 valence electrons. The van der Waals surface area contributed by atoms with Crippen LogP contribution in [0.5, 0.6) is 5.75 Å². The molecule has 1 aromatic carbocycles. The third-order valence-corrected chi connectivity index (χ3v) is 3.46. The van der Waals surface area contributed by atoms with E-state index in [1.54, 1.807) is 18.2 Å². The van der Waals surface area contributed by atoms with Crippen molar-refractivity contribution >= 4 is 11.6 Å². The zero-order chi connectivity index (χ0) is 15.9. The molecule has 1 aliphatic rings. The number of morpholine rings is 1. The largest absolute Gasteiger partial charge is 0.490 e. The van der Waals surface area contributed by atoms with E-state index in [1.807, 2.05) is 13.8 Å². The number of nitrogen functional groups attached to an aromatic ring is 1. The minimum atomic E-state index is -0.118. The van der Waals surface area contributed by atoms with Crippen molar-refractivity contribution in [2.45, 2.75) is 19.9 Å². The molecule has 0 saturated carbocycles. The Kier molecular flexibility index (Phi) is 6.03. The fourth-order valence-corrected chi connectivity index (χ4v) is 2.26. The van der Waals surface area contributed by atoms with Gasteiger partial charge in [-0.2, -0.15) is 0 Å². The highest BCUT2D eigenvalue weighted by atomic mass is 16.5. The van der Waals surface area contributed by atoms with E-state index in [-0.39, 0.29) is 11.9 Å². The number of amides is 1. The van der Waals surface area contributed by atoms with Crippen LogP contribution in [0.4, 0.5) is 5.69 Å². The van der Waals surface area contributed by atoms with Crippen LogP contribution in [0, 0.1) is 0 Å². The van der Waals surface area contributed by atoms with E-state index in [0.29, 0.717) is 23.6 Å². The lowest BCUT2D eigenvalue weighted by atomic mass is 10.1. The smallest absolute Gasteiger partial charge is 0.251 e. The fraction of sp³-hybridized carbons (Fsp3) is 0.562. The summed E-state index contributed by atoms with van der Waals surface area (Å²) >= 11 is 0. The minimum Gasteiger partial charge on any atom is -0.490 e. The van der Waals surface area contributed by atoms with Gasteiger partial charge in [0.1, 0.15) is 12.4 Å². The summed E-state index contributed by atoms with van der Waals surface area (Å²) in [6, 6.07) is 5.21. The Morgan fingerprint density at radius 1 is 1.41 bits per heavy atom. The first-order valence-corrected chi connectivity index (χ1v) is 7.69. The predicted molar refractivity (Wildman–Crippen MR) is 86.2 cm³/mol. The number of nitrogens with two attached hydrogens (primary N) is 1. The van der Waals surface area contributed by atoms with E-state index in [4.69, 9.17) is 15.2 Å². The predicted octanol–water partition coefficient (Wildman–Crippen LogP) is 1.12. The summed E-state index contributed by atoms with van der Waals surface area (Å²) in [4.78, 5) is 14.3. The Morgan fingerprint density at radius 2 is 2.14 bits per heavy atom. The summed E-state index contributed by atoms with van der Waals surface area (Å²) in [7, 11) is 0. The molecule has 0 unspecified atom stereocenters. The van der Waals surface area contributed by atoms with Gasteiger partial charge in [-0.3, -0.25) is 9.69 Å². The molecule has 1 amide bonds. The molecular formula is C16H25N3O3. The first-order chi connectivity index (χ1) is 10.6. The van der Waals surface area contributed by atoms with Gasteiger partial charge in [-0.15, -0.1) is 0 Å². The molecule has 3 N–H and O–H groups in total. The number of rotatable bonds is 6. The zero-order valence-corrected chi connectivity index (χ0v) is 13.3. The number of anilines is 1. The topological polar surface area (TPSA) is 76.8 Å². The molecule has 0 spiro atoms. The van der Waals surface area contributed by atoms with Crippen LogP contribution in [0.2, 0.25) is 0 Å². The summed E-state index contributed by atoms with van der Waals surface area (Å²) < 4.78 is 11.1. The maximum absolute atomic E-state index is 12.0. The van der Waals surface area contributed by atoms with Crippen molar-refractivity contribution in [2.75, 3.05) is 45.2 Å². The summed E-state index contributed by atoms with van der Waals surface area (Å²) in [6.07, 6.45) is 0. The average molecular weight is 307 g/mol. The molecule has 22 heavy (non-hydrogen) atoms. The van der Waals surface area contributed by atoms with Crippen molar-refractivity contribution in [3.05, 3.63) is 23.8 Å². The van der Waals surface area contributed by atoms with Crippen LogP contribution in [0.25, 0.3) is 0 Å². The minimum absolute atomic E-state index is 0.0933. The summed E-state index contributed by atoms with van der Waals surface area (Å²) in [5.74, 6) is 0.442. The van der Waals surface area contributed by atoms with E-state index >= 15 is 0 Å². The van der Waals surface area contributed by atoms with Gasteiger partial charge in [0.25, 0.3) is 5.91 Å². The quantitative estimate of drug-likeness (QED) is 0.770. The third kappa shape index (κ3) is 4.89. The van der Waals surface area contributed by atoms with E-state index in [1.165, 1.54) is 0 Å². The van der Waals surface area contributed by atoms with Crippen LogP contribution >= 0.6 is 0 Å². The standard InChI is InChI=1S/C16H25N3O3/c1-12(2)18-16(20)13-3-4-14(17)15(11-13)22-10-7-19-5-8-21-9-6-19/h3-4,11-12H,5-10,17H2,1-2H3,(H,18,20). The molecule has 6 nitrogen and oxygen atoms in total. The fourth-order valence-electron chi connectivity index (χ4n) is 2.26. The van der Waals surface area contributed by atoms with E-state index in [2.05, 4.69) is 10.2 Å². The zero-order valence-electron chi connectivity index (χ0n) is 13.3. The van der Waals surface area contributed by atoms with Crippen LogP contribution in [0.3, 0.4) is 0 Å². The first-order valence-electron chi connectivity index (χ1n) is 7.69. The molecule has 0 atom stereocenters. The van der Waals surface area contributed by atoms with Crippen LogP contribution < -0.4 is 15.8 Å². The molecule has 1 aromatic rings. The number of nitrogens with one attached hydrogen (secondary N) is 1. The molecule has 1 heterocycles. The number of hydrogen-bond donors (Lipinski definition) is 2. The first kappa shape index (κ1) is 16.6. The number of hydrogen-bond acceptors (Lipinski definition) is 5. The van der Waals surface area contributed by atoms with E-state index in [0.717, 1.165) is 32.8 Å². The summed E-state index contributed by atoms with van der Waals surface area (Å²) in [6.45, 7) is 8.61. The second kappa shape index (κ2) is 8.00. The third-order valence-electron chi connectivity index (χ3n) is 3.46. The number of benzene rings is 1. The number of ether oxygens (including phenoxy) is 2. The van der Waals surface area contributed by atoms with Crippen LogP contribution in [0.15, 0.2) is 18.2 Å². The Morgan fingerprint density at radius 3 is 2.82 bits per heavy atom. The van der Waals surface area contributed by atoms with Crippen molar-refractivity contribution in [3.63, 3.8) is 0 Å². The lowest BCUT2D eigenvalue weighted by molar-refractivity contribution is 0.0323. The maximum atomic E-state index is 12.0. The molecule has 0 aromatic heterocycles. The van der Waals surface area contributed by atoms with Crippen molar-refractivity contribution < 1.29 is 14.3 Å². The Hall–Kier alpha value is -1.79. The van der Waals surface area contributed by atoms with Gasteiger partial charge in [0, 0.05) is 31.2 Å². The van der Waals surface area contributed by atoms with Gasteiger partial charge in [0.2, 0.25) is 0 Å². The molecule has 0 aliphatic carbocycles. The van der Waals surface area contributed by atoms with Gasteiger partial charge in [-0.25, -0.2) is 0 Å². The van der Waals surface area contributed by atoms with Gasteiger partial charge in [0.05, 0.1) is 18.9 Å². The van der Waals surface area contributed by atoms with Gasteiger partial charge >= 0.3 is 0 Å². The maximum Gasteiger partial charge on any atom is 0.251 e. The highest BCUT2D eigenvalue weighted by Crippen LogP contribution is 2.23. The number of carbonyl (C=O) groups excluding carboxylic acids is 1. The lowest BCUT2D eigenvalue weighted by Gasteiger charge is -2.26. The van der Waals surface area contributed by atoms with Crippen LogP contribution in [0.1, 0.15) is 24.2 Å². The summed E-state index contributed by atoms with van der Waals surface area (Å²) in [5.41, 5.74) is 7.02. The number of carbonyl (C=O) groups is 1. The highest BCUT2D eigenvalue weighted by Gasteiger charge is 2.12. The Bertz CT molecular complexity index is 499. The molecule has 1 aliphatic heterocycles. The van der Waals surface area contributed by atoms with E-state index in [9.17, 15) is 4.79 Å². The molecule has 0 radical (unpaired) electrons. The number of nitrogens with zero attached hydrogens (tertiary/aromatic N) is 1. The van der Waals surface area contributed by atoms with Gasteiger partial charge < -0.3 is 20.5 Å². The summed E-state index contributed by atoms with van der Waals surface area (Å²) in [5, 5.41) is 2.86. The molecule has 1 fully saturated rings. The Balaban J connectivity index is 1.90. The van der Waals surface area contributed by atoms with Crippen LogP contribution in [-0.4, -0.2) is 56.3 Å². The second-order valence-electron chi connectivity index (χ2n) is 5.68. The molecule has 0 bridgehead atoms. The molecule has 1 saturated heterocycles. The van der Waals surface area contributed by atoms with Crippen molar-refractivity contribution in [1.29, 1.82) is 0 Å². The Labute approximate surface area is 131 Å². The SMILES string of the molecule is CC(C)NC(=O)c1ccc(N)c(OCCN2CCOCC2)c1. The van der Waals surface area contributed by atoms with E-state index < -0.39 is 0 Å². The van der Waals surface area contributed by atoms with Crippen molar-refractivity contribution in [3.8, 4) is 5.75 Å². The molecule has 6 heteroatoms. The van der Waals surface area contributed by atoms with Crippen LogP contribution in [-0.2, 0) is 4.74 Å².